The lowest BCUT2D eigenvalue weighted by Crippen LogP contribution is -2.36. The number of rotatable bonds is 9. The highest BCUT2D eigenvalue weighted by Gasteiger charge is 2.21. The molecule has 0 aliphatic heterocycles. The molecule has 27 heavy (non-hydrogen) atoms. The molecule has 2 aromatic rings. The summed E-state index contributed by atoms with van der Waals surface area (Å²) in [7, 11) is -2.63. The van der Waals surface area contributed by atoms with E-state index in [9.17, 15) is 18.0 Å². The van der Waals surface area contributed by atoms with Gasteiger partial charge in [-0.1, -0.05) is 30.3 Å². The Hall–Kier alpha value is -2.71. The van der Waals surface area contributed by atoms with Gasteiger partial charge in [0.2, 0.25) is 10.0 Å². The largest absolute Gasteiger partial charge is 0.481 e. The molecule has 2 aromatic carbocycles. The van der Waals surface area contributed by atoms with Crippen LogP contribution in [-0.4, -0.2) is 38.6 Å². The van der Waals surface area contributed by atoms with Crippen LogP contribution in [0, 0.1) is 0 Å². The lowest BCUT2D eigenvalue weighted by molar-refractivity contribution is -0.137. The van der Waals surface area contributed by atoms with Crippen molar-refractivity contribution in [2.75, 3.05) is 7.11 Å². The van der Waals surface area contributed by atoms with Crippen LogP contribution < -0.4 is 4.72 Å². The molecule has 0 aliphatic carbocycles. The number of hydrogen-bond acceptors (Lipinski definition) is 5. The Kier molecular flexibility index (Phi) is 7.09. The number of sulfonamides is 1. The van der Waals surface area contributed by atoms with E-state index in [2.05, 4.69) is 9.46 Å². The normalized spacial score (nSPS) is 12.3. The fourth-order valence-corrected chi connectivity index (χ4v) is 3.84. The molecule has 0 aliphatic rings. The molecular weight excluding hydrogens is 370 g/mol. The van der Waals surface area contributed by atoms with Gasteiger partial charge in [-0.2, -0.15) is 0 Å². The summed E-state index contributed by atoms with van der Waals surface area (Å²) in [6, 6.07) is 14.0. The number of carbonyl (C=O) groups excluding carboxylic acids is 1. The van der Waals surface area contributed by atoms with E-state index in [4.69, 9.17) is 5.11 Å². The van der Waals surface area contributed by atoms with Crippen LogP contribution >= 0.6 is 0 Å². The van der Waals surface area contributed by atoms with Crippen molar-refractivity contribution >= 4 is 22.0 Å². The van der Waals surface area contributed by atoms with Crippen LogP contribution in [0.15, 0.2) is 59.5 Å². The second kappa shape index (κ2) is 9.29. The first kappa shape index (κ1) is 20.6. The SMILES string of the molecule is COC(=O)c1ccc(S(=O)(=O)NC(CCC(=O)O)Cc2ccccc2)cc1. The predicted octanol–water partition coefficient (Wildman–Crippen LogP) is 2.23. The van der Waals surface area contributed by atoms with E-state index >= 15 is 0 Å². The van der Waals surface area contributed by atoms with Gasteiger partial charge in [-0.3, -0.25) is 4.79 Å². The number of carboxylic acid groups (broad SMARTS) is 1. The molecule has 0 bridgehead atoms. The van der Waals surface area contributed by atoms with E-state index in [1.165, 1.54) is 31.4 Å². The molecule has 2 N–H and O–H groups in total. The van der Waals surface area contributed by atoms with Crippen molar-refractivity contribution in [2.24, 2.45) is 0 Å². The van der Waals surface area contributed by atoms with E-state index in [1.807, 2.05) is 30.3 Å². The molecule has 144 valence electrons. The van der Waals surface area contributed by atoms with Gasteiger partial charge in [0.15, 0.2) is 0 Å². The monoisotopic (exact) mass is 391 g/mol. The highest BCUT2D eigenvalue weighted by molar-refractivity contribution is 7.89. The minimum atomic E-state index is -3.87. The summed E-state index contributed by atoms with van der Waals surface area (Å²) in [5, 5.41) is 8.93. The van der Waals surface area contributed by atoms with Gasteiger partial charge in [0.1, 0.15) is 0 Å². The molecule has 0 saturated heterocycles. The summed E-state index contributed by atoms with van der Waals surface area (Å²) in [6.07, 6.45) is 0.374. The average Bonchev–Trinajstić information content (AvgIpc) is 2.66. The van der Waals surface area contributed by atoms with E-state index in [1.54, 1.807) is 0 Å². The van der Waals surface area contributed by atoms with Crippen LogP contribution in [0.3, 0.4) is 0 Å². The molecule has 0 amide bonds. The van der Waals surface area contributed by atoms with Gasteiger partial charge in [-0.05, 0) is 42.7 Å². The molecule has 2 rings (SSSR count). The quantitative estimate of drug-likeness (QED) is 0.635. The second-order valence-corrected chi connectivity index (χ2v) is 7.67. The lowest BCUT2D eigenvalue weighted by atomic mass is 10.0. The molecule has 1 unspecified atom stereocenters. The number of esters is 1. The van der Waals surface area contributed by atoms with Gasteiger partial charge in [-0.25, -0.2) is 17.9 Å². The molecule has 0 fully saturated rings. The minimum absolute atomic E-state index is 0.0106. The van der Waals surface area contributed by atoms with Crippen molar-refractivity contribution in [1.82, 2.24) is 4.72 Å². The number of carboxylic acids is 1. The molecule has 0 heterocycles. The Morgan fingerprint density at radius 3 is 2.26 bits per heavy atom. The molecular formula is C19H21NO6S. The van der Waals surface area contributed by atoms with Crippen LogP contribution in [0.2, 0.25) is 0 Å². The van der Waals surface area contributed by atoms with Crippen molar-refractivity contribution in [3.8, 4) is 0 Å². The van der Waals surface area contributed by atoms with E-state index in [0.29, 0.717) is 6.42 Å². The average molecular weight is 391 g/mol. The number of methoxy groups -OCH3 is 1. The summed E-state index contributed by atoms with van der Waals surface area (Å²) in [5.41, 5.74) is 1.14. The number of benzene rings is 2. The zero-order valence-electron chi connectivity index (χ0n) is 14.8. The number of carbonyl (C=O) groups is 2. The first-order valence-corrected chi connectivity index (χ1v) is 9.76. The summed E-state index contributed by atoms with van der Waals surface area (Å²) >= 11 is 0. The zero-order chi connectivity index (χ0) is 19.9. The Morgan fingerprint density at radius 2 is 1.70 bits per heavy atom. The van der Waals surface area contributed by atoms with Gasteiger partial charge >= 0.3 is 11.9 Å². The van der Waals surface area contributed by atoms with Gasteiger partial charge in [0.25, 0.3) is 0 Å². The number of nitrogens with one attached hydrogen (secondary N) is 1. The summed E-state index contributed by atoms with van der Waals surface area (Å²) in [6.45, 7) is 0. The third-order valence-electron chi connectivity index (χ3n) is 3.94. The Labute approximate surface area is 158 Å². The van der Waals surface area contributed by atoms with Crippen molar-refractivity contribution in [2.45, 2.75) is 30.2 Å². The highest BCUT2D eigenvalue weighted by atomic mass is 32.2. The maximum absolute atomic E-state index is 12.7. The van der Waals surface area contributed by atoms with Gasteiger partial charge in [0.05, 0.1) is 17.6 Å². The molecule has 1 atom stereocenters. The van der Waals surface area contributed by atoms with Gasteiger partial charge in [0, 0.05) is 12.5 Å². The van der Waals surface area contributed by atoms with Gasteiger partial charge in [-0.15, -0.1) is 0 Å². The maximum Gasteiger partial charge on any atom is 0.337 e. The smallest absolute Gasteiger partial charge is 0.337 e. The maximum atomic E-state index is 12.7. The fourth-order valence-electron chi connectivity index (χ4n) is 2.57. The molecule has 0 saturated carbocycles. The Balaban J connectivity index is 2.17. The topological polar surface area (TPSA) is 110 Å². The van der Waals surface area contributed by atoms with Crippen LogP contribution in [0.1, 0.15) is 28.8 Å². The number of aliphatic carboxylic acids is 1. The van der Waals surface area contributed by atoms with Crippen LogP contribution in [0.25, 0.3) is 0 Å². The van der Waals surface area contributed by atoms with E-state index in [-0.39, 0.29) is 23.3 Å². The summed E-state index contributed by atoms with van der Waals surface area (Å²) in [5.74, 6) is -1.55. The third-order valence-corrected chi connectivity index (χ3v) is 5.48. The van der Waals surface area contributed by atoms with Crippen molar-refractivity contribution in [1.29, 1.82) is 0 Å². The zero-order valence-corrected chi connectivity index (χ0v) is 15.6. The fraction of sp³-hybridized carbons (Fsp3) is 0.263. The molecule has 8 heteroatoms. The van der Waals surface area contributed by atoms with Crippen molar-refractivity contribution < 1.29 is 27.9 Å². The predicted molar refractivity (Wildman–Crippen MR) is 98.9 cm³/mol. The first-order chi connectivity index (χ1) is 12.8. The molecule has 0 aromatic heterocycles. The number of ether oxygens (including phenoxy) is 1. The molecule has 0 spiro atoms. The summed E-state index contributed by atoms with van der Waals surface area (Å²) in [4.78, 5) is 22.4. The van der Waals surface area contributed by atoms with Crippen LogP contribution in [0.5, 0.6) is 0 Å². The van der Waals surface area contributed by atoms with E-state index in [0.717, 1.165) is 5.56 Å². The Bertz CT molecular complexity index is 878. The standard InChI is InChI=1S/C19H21NO6S/c1-26-19(23)15-7-10-17(11-8-15)27(24,25)20-16(9-12-18(21)22)13-14-5-3-2-4-6-14/h2-8,10-11,16,20H,9,12-13H2,1H3,(H,21,22). The van der Waals surface area contributed by atoms with Crippen molar-refractivity contribution in [3.05, 3.63) is 65.7 Å². The van der Waals surface area contributed by atoms with Crippen molar-refractivity contribution in [3.63, 3.8) is 0 Å². The first-order valence-electron chi connectivity index (χ1n) is 8.28. The lowest BCUT2D eigenvalue weighted by Gasteiger charge is -2.18. The van der Waals surface area contributed by atoms with Crippen LogP contribution in [-0.2, 0) is 26.0 Å². The highest BCUT2D eigenvalue weighted by Crippen LogP contribution is 2.15. The van der Waals surface area contributed by atoms with Crippen LogP contribution in [0.4, 0.5) is 0 Å². The summed E-state index contributed by atoms with van der Waals surface area (Å²) < 4.78 is 32.5. The minimum Gasteiger partial charge on any atom is -0.481 e. The molecule has 7 nitrogen and oxygen atoms in total. The van der Waals surface area contributed by atoms with E-state index < -0.39 is 28.0 Å². The van der Waals surface area contributed by atoms with Gasteiger partial charge < -0.3 is 9.84 Å². The molecule has 0 radical (unpaired) electrons. The second-order valence-electron chi connectivity index (χ2n) is 5.96. The number of hydrogen-bond donors (Lipinski definition) is 2. The third kappa shape index (κ3) is 6.19. The Morgan fingerprint density at radius 1 is 1.07 bits per heavy atom.